The van der Waals surface area contributed by atoms with Gasteiger partial charge in [0.25, 0.3) is 0 Å². The number of rotatable bonds is 5. The molecule has 1 atom stereocenters. The third kappa shape index (κ3) is 4.44. The lowest BCUT2D eigenvalue weighted by molar-refractivity contribution is 0.235. The average Bonchev–Trinajstić information content (AvgIpc) is 3.12. The van der Waals surface area contributed by atoms with Gasteiger partial charge in [0.15, 0.2) is 5.76 Å². The molecule has 0 radical (unpaired) electrons. The first-order chi connectivity index (χ1) is 12.1. The summed E-state index contributed by atoms with van der Waals surface area (Å²) in [6.45, 7) is 2.22. The molecule has 3 aromatic rings. The molecule has 25 heavy (non-hydrogen) atoms. The van der Waals surface area contributed by atoms with Crippen LogP contribution in [0.4, 0.5) is 9.18 Å². The minimum atomic E-state index is -0.398. The first kappa shape index (κ1) is 16.7. The van der Waals surface area contributed by atoms with Gasteiger partial charge in [0.1, 0.15) is 11.9 Å². The summed E-state index contributed by atoms with van der Waals surface area (Å²) < 4.78 is 18.6. The third-order valence-electron chi connectivity index (χ3n) is 3.67. The van der Waals surface area contributed by atoms with E-state index in [9.17, 15) is 9.18 Å². The maximum atomic E-state index is 13.0. The monoisotopic (exact) mass is 339 g/mol. The Morgan fingerprint density at radius 2 is 1.88 bits per heavy atom. The number of urea groups is 1. The molecule has 2 aromatic carbocycles. The zero-order valence-corrected chi connectivity index (χ0v) is 13.7. The Balaban J connectivity index is 1.57. The topological polar surface area (TPSA) is 67.2 Å². The van der Waals surface area contributed by atoms with Crippen molar-refractivity contribution in [1.29, 1.82) is 0 Å². The van der Waals surface area contributed by atoms with Gasteiger partial charge < -0.3 is 15.1 Å². The quantitative estimate of drug-likeness (QED) is 0.737. The Kier molecular flexibility index (Phi) is 5.09. The van der Waals surface area contributed by atoms with E-state index in [4.69, 9.17) is 4.42 Å². The second-order valence-electron chi connectivity index (χ2n) is 5.60. The number of carbonyl (C=O) groups is 1. The van der Waals surface area contributed by atoms with Crippen molar-refractivity contribution in [3.8, 4) is 11.3 Å². The molecule has 0 spiro atoms. The Morgan fingerprint density at radius 3 is 2.60 bits per heavy atom. The van der Waals surface area contributed by atoms with E-state index in [0.717, 1.165) is 11.1 Å². The number of nitrogens with zero attached hydrogens (tertiary/aromatic N) is 1. The zero-order chi connectivity index (χ0) is 17.6. The van der Waals surface area contributed by atoms with E-state index in [1.54, 1.807) is 25.3 Å². The molecule has 1 aromatic heterocycles. The molecule has 0 aliphatic rings. The van der Waals surface area contributed by atoms with Crippen molar-refractivity contribution >= 4 is 6.03 Å². The molecule has 2 amide bonds. The highest BCUT2D eigenvalue weighted by molar-refractivity contribution is 5.74. The van der Waals surface area contributed by atoms with Crippen LogP contribution in [0.15, 0.2) is 65.2 Å². The predicted octanol–water partition coefficient (Wildman–Crippen LogP) is 4.04. The summed E-state index contributed by atoms with van der Waals surface area (Å²) in [4.78, 5) is 16.2. The summed E-state index contributed by atoms with van der Waals surface area (Å²) in [5.41, 5.74) is 1.74. The summed E-state index contributed by atoms with van der Waals surface area (Å²) in [6, 6.07) is 14.9. The van der Waals surface area contributed by atoms with E-state index in [1.165, 1.54) is 12.1 Å². The number of halogens is 1. The van der Waals surface area contributed by atoms with Crippen LogP contribution in [0.3, 0.4) is 0 Å². The van der Waals surface area contributed by atoms with Crippen molar-refractivity contribution in [3.63, 3.8) is 0 Å². The number of nitrogens with one attached hydrogen (secondary N) is 2. The number of benzene rings is 2. The number of aromatic nitrogens is 1. The van der Waals surface area contributed by atoms with Gasteiger partial charge in [-0.15, -0.1) is 0 Å². The van der Waals surface area contributed by atoms with Crippen LogP contribution in [0.2, 0.25) is 0 Å². The summed E-state index contributed by atoms with van der Waals surface area (Å²) in [5.74, 6) is 0.594. The largest absolute Gasteiger partial charge is 0.438 e. The summed E-state index contributed by atoms with van der Waals surface area (Å²) in [7, 11) is 0. The van der Waals surface area contributed by atoms with Gasteiger partial charge in [-0.1, -0.05) is 30.3 Å². The fraction of sp³-hybridized carbons (Fsp3) is 0.158. The lowest BCUT2D eigenvalue weighted by atomic mass is 10.2. The highest BCUT2D eigenvalue weighted by Gasteiger charge is 2.15. The molecule has 0 saturated heterocycles. The van der Waals surface area contributed by atoms with Crippen LogP contribution in [-0.2, 0) is 6.54 Å². The Morgan fingerprint density at radius 1 is 1.16 bits per heavy atom. The van der Waals surface area contributed by atoms with Gasteiger partial charge in [0.05, 0.1) is 6.20 Å². The maximum absolute atomic E-state index is 13.0. The van der Waals surface area contributed by atoms with Crippen LogP contribution in [-0.4, -0.2) is 11.0 Å². The summed E-state index contributed by atoms with van der Waals surface area (Å²) in [5, 5.41) is 5.56. The first-order valence-corrected chi connectivity index (χ1v) is 7.92. The van der Waals surface area contributed by atoms with Gasteiger partial charge in [-0.25, -0.2) is 14.2 Å². The standard InChI is InChI=1S/C19H18FN3O2/c1-13(23-19(24)22-11-14-5-3-2-4-6-14)18-21-12-17(25-18)15-7-9-16(20)10-8-15/h2-10,12-13H,11H2,1H3,(H2,22,23,24). The molecule has 0 fully saturated rings. The van der Waals surface area contributed by atoms with Crippen molar-refractivity contribution in [2.45, 2.75) is 19.5 Å². The van der Waals surface area contributed by atoms with E-state index < -0.39 is 6.04 Å². The van der Waals surface area contributed by atoms with Gasteiger partial charge in [-0.05, 0) is 36.8 Å². The molecule has 0 aliphatic heterocycles. The van der Waals surface area contributed by atoms with Gasteiger partial charge in [0, 0.05) is 12.1 Å². The van der Waals surface area contributed by atoms with E-state index in [-0.39, 0.29) is 11.8 Å². The Labute approximate surface area is 144 Å². The fourth-order valence-corrected chi connectivity index (χ4v) is 2.32. The van der Waals surface area contributed by atoms with Gasteiger partial charge in [-0.2, -0.15) is 0 Å². The van der Waals surface area contributed by atoms with Crippen molar-refractivity contribution in [2.75, 3.05) is 0 Å². The molecule has 2 N–H and O–H groups in total. The van der Waals surface area contributed by atoms with Crippen LogP contribution in [0.25, 0.3) is 11.3 Å². The number of carbonyl (C=O) groups excluding carboxylic acids is 1. The highest BCUT2D eigenvalue weighted by atomic mass is 19.1. The van der Waals surface area contributed by atoms with Crippen LogP contribution in [0, 0.1) is 5.82 Å². The summed E-state index contributed by atoms with van der Waals surface area (Å²) >= 11 is 0. The molecule has 3 rings (SSSR count). The van der Waals surface area contributed by atoms with Crippen molar-refractivity contribution in [2.24, 2.45) is 0 Å². The Hall–Kier alpha value is -3.15. The van der Waals surface area contributed by atoms with Crippen LogP contribution >= 0.6 is 0 Å². The maximum Gasteiger partial charge on any atom is 0.315 e. The lowest BCUT2D eigenvalue weighted by Gasteiger charge is -2.11. The molecule has 1 heterocycles. The first-order valence-electron chi connectivity index (χ1n) is 7.92. The smallest absolute Gasteiger partial charge is 0.315 e. The van der Waals surface area contributed by atoms with E-state index in [0.29, 0.717) is 18.2 Å². The number of hydrogen-bond donors (Lipinski definition) is 2. The predicted molar refractivity (Wildman–Crippen MR) is 92.1 cm³/mol. The third-order valence-corrected chi connectivity index (χ3v) is 3.67. The minimum Gasteiger partial charge on any atom is -0.438 e. The fourth-order valence-electron chi connectivity index (χ4n) is 2.32. The highest BCUT2D eigenvalue weighted by Crippen LogP contribution is 2.23. The molecular weight excluding hydrogens is 321 g/mol. The SMILES string of the molecule is CC(NC(=O)NCc1ccccc1)c1ncc(-c2ccc(F)cc2)o1. The van der Waals surface area contributed by atoms with Crippen molar-refractivity contribution < 1.29 is 13.6 Å². The van der Waals surface area contributed by atoms with E-state index >= 15 is 0 Å². The van der Waals surface area contributed by atoms with Crippen molar-refractivity contribution in [1.82, 2.24) is 15.6 Å². The van der Waals surface area contributed by atoms with Gasteiger partial charge >= 0.3 is 6.03 Å². The lowest BCUT2D eigenvalue weighted by Crippen LogP contribution is -2.36. The minimum absolute atomic E-state index is 0.308. The normalized spacial score (nSPS) is 11.8. The second kappa shape index (κ2) is 7.61. The van der Waals surface area contributed by atoms with Crippen LogP contribution < -0.4 is 10.6 Å². The number of amides is 2. The average molecular weight is 339 g/mol. The van der Waals surface area contributed by atoms with Crippen LogP contribution in [0.1, 0.15) is 24.4 Å². The molecule has 5 nitrogen and oxygen atoms in total. The second-order valence-corrected chi connectivity index (χ2v) is 5.60. The number of oxazole rings is 1. The van der Waals surface area contributed by atoms with Crippen molar-refractivity contribution in [3.05, 3.63) is 78.1 Å². The number of hydrogen-bond acceptors (Lipinski definition) is 3. The molecule has 6 heteroatoms. The molecule has 1 unspecified atom stereocenters. The molecule has 0 bridgehead atoms. The van der Waals surface area contributed by atoms with Gasteiger partial charge in [0.2, 0.25) is 5.89 Å². The van der Waals surface area contributed by atoms with Crippen LogP contribution in [0.5, 0.6) is 0 Å². The van der Waals surface area contributed by atoms with E-state index in [2.05, 4.69) is 15.6 Å². The molecule has 0 aliphatic carbocycles. The van der Waals surface area contributed by atoms with Gasteiger partial charge in [-0.3, -0.25) is 0 Å². The Bertz CT molecular complexity index is 831. The zero-order valence-electron chi connectivity index (χ0n) is 13.7. The summed E-state index contributed by atoms with van der Waals surface area (Å²) in [6.07, 6.45) is 1.56. The molecular formula is C19H18FN3O2. The molecule has 128 valence electrons. The molecule has 0 saturated carbocycles. The van der Waals surface area contributed by atoms with E-state index in [1.807, 2.05) is 30.3 Å².